The molecule has 0 saturated carbocycles. The summed E-state index contributed by atoms with van der Waals surface area (Å²) >= 11 is 0. The standard InChI is InChI=1S/C14H30N2O/c1-12(2)8-15-9-13(3)16-7-5-6-14(10-16)11-17-4/h12-15H,5-11H2,1-4H3. The lowest BCUT2D eigenvalue weighted by Gasteiger charge is -2.36. The fraction of sp³-hybridized carbons (Fsp3) is 1.00. The smallest absolute Gasteiger partial charge is 0.0502 e. The number of ether oxygens (including phenoxy) is 1. The van der Waals surface area contributed by atoms with Crippen molar-refractivity contribution in [1.82, 2.24) is 10.2 Å². The Morgan fingerprint density at radius 1 is 1.29 bits per heavy atom. The van der Waals surface area contributed by atoms with Gasteiger partial charge in [0.05, 0.1) is 6.61 Å². The third kappa shape index (κ3) is 5.84. The second-order valence-electron chi connectivity index (χ2n) is 5.86. The van der Waals surface area contributed by atoms with E-state index in [0.717, 1.165) is 31.5 Å². The van der Waals surface area contributed by atoms with Gasteiger partial charge in [-0.05, 0) is 44.7 Å². The summed E-state index contributed by atoms with van der Waals surface area (Å²) in [5, 5.41) is 3.56. The molecule has 17 heavy (non-hydrogen) atoms. The molecular weight excluding hydrogens is 212 g/mol. The largest absolute Gasteiger partial charge is 0.384 e. The molecule has 1 fully saturated rings. The molecule has 1 aliphatic rings. The maximum absolute atomic E-state index is 5.28. The first-order valence-corrected chi connectivity index (χ1v) is 7.07. The van der Waals surface area contributed by atoms with Crippen LogP contribution in [-0.2, 0) is 4.74 Å². The maximum Gasteiger partial charge on any atom is 0.0502 e. The molecule has 0 radical (unpaired) electrons. The van der Waals surface area contributed by atoms with Gasteiger partial charge in [0.25, 0.3) is 0 Å². The Bertz CT molecular complexity index is 195. The third-order valence-corrected chi connectivity index (χ3v) is 3.57. The van der Waals surface area contributed by atoms with E-state index in [1.807, 2.05) is 7.11 Å². The van der Waals surface area contributed by atoms with Crippen LogP contribution in [0.1, 0.15) is 33.6 Å². The van der Waals surface area contributed by atoms with Gasteiger partial charge in [-0.25, -0.2) is 0 Å². The van der Waals surface area contributed by atoms with E-state index in [4.69, 9.17) is 4.74 Å². The first-order chi connectivity index (χ1) is 8.13. The number of nitrogens with zero attached hydrogens (tertiary/aromatic N) is 1. The zero-order chi connectivity index (χ0) is 12.7. The molecular formula is C14H30N2O. The zero-order valence-corrected chi connectivity index (χ0v) is 12.0. The summed E-state index contributed by atoms with van der Waals surface area (Å²) in [5.41, 5.74) is 0. The van der Waals surface area contributed by atoms with Crippen molar-refractivity contribution in [1.29, 1.82) is 0 Å². The van der Waals surface area contributed by atoms with Gasteiger partial charge < -0.3 is 10.1 Å². The summed E-state index contributed by atoms with van der Waals surface area (Å²) in [7, 11) is 1.81. The first kappa shape index (κ1) is 14.9. The lowest BCUT2D eigenvalue weighted by atomic mass is 9.97. The maximum atomic E-state index is 5.28. The predicted molar refractivity (Wildman–Crippen MR) is 73.3 cm³/mol. The summed E-state index contributed by atoms with van der Waals surface area (Å²) < 4.78 is 5.28. The number of hydrogen-bond acceptors (Lipinski definition) is 3. The molecule has 3 heteroatoms. The van der Waals surface area contributed by atoms with Gasteiger partial charge >= 0.3 is 0 Å². The number of methoxy groups -OCH3 is 1. The van der Waals surface area contributed by atoms with Gasteiger partial charge in [0.1, 0.15) is 0 Å². The van der Waals surface area contributed by atoms with E-state index < -0.39 is 0 Å². The average molecular weight is 242 g/mol. The van der Waals surface area contributed by atoms with Crippen molar-refractivity contribution in [2.45, 2.75) is 39.7 Å². The van der Waals surface area contributed by atoms with Crippen molar-refractivity contribution in [2.75, 3.05) is 39.9 Å². The van der Waals surface area contributed by atoms with E-state index in [2.05, 4.69) is 31.0 Å². The Morgan fingerprint density at radius 3 is 2.71 bits per heavy atom. The van der Waals surface area contributed by atoms with Gasteiger partial charge in [-0.3, -0.25) is 4.90 Å². The average Bonchev–Trinajstić information content (AvgIpc) is 2.29. The van der Waals surface area contributed by atoms with Crippen LogP contribution >= 0.6 is 0 Å². The summed E-state index contributed by atoms with van der Waals surface area (Å²) in [6.07, 6.45) is 2.65. The fourth-order valence-corrected chi connectivity index (χ4v) is 2.58. The number of hydrogen-bond donors (Lipinski definition) is 1. The minimum Gasteiger partial charge on any atom is -0.384 e. The summed E-state index contributed by atoms with van der Waals surface area (Å²) in [6.45, 7) is 12.5. The number of rotatable bonds is 7. The lowest BCUT2D eigenvalue weighted by molar-refractivity contribution is 0.0720. The van der Waals surface area contributed by atoms with Crippen LogP contribution in [0.3, 0.4) is 0 Å². The highest BCUT2D eigenvalue weighted by Gasteiger charge is 2.23. The van der Waals surface area contributed by atoms with Crippen LogP contribution in [0.2, 0.25) is 0 Å². The molecule has 0 bridgehead atoms. The molecule has 0 amide bonds. The highest BCUT2D eigenvalue weighted by atomic mass is 16.5. The molecule has 2 unspecified atom stereocenters. The molecule has 1 heterocycles. The highest BCUT2D eigenvalue weighted by Crippen LogP contribution is 2.18. The van der Waals surface area contributed by atoms with Crippen molar-refractivity contribution in [3.63, 3.8) is 0 Å². The molecule has 0 aromatic rings. The minimum atomic E-state index is 0.647. The Hall–Kier alpha value is -0.120. The van der Waals surface area contributed by atoms with E-state index in [0.29, 0.717) is 6.04 Å². The van der Waals surface area contributed by atoms with Crippen molar-refractivity contribution in [3.8, 4) is 0 Å². The predicted octanol–water partition coefficient (Wildman–Crippen LogP) is 1.98. The molecule has 102 valence electrons. The van der Waals surface area contributed by atoms with Crippen LogP contribution in [0, 0.1) is 11.8 Å². The molecule has 1 rings (SSSR count). The molecule has 0 spiro atoms. The normalized spacial score (nSPS) is 24.2. The van der Waals surface area contributed by atoms with E-state index >= 15 is 0 Å². The van der Waals surface area contributed by atoms with E-state index in [-0.39, 0.29) is 0 Å². The summed E-state index contributed by atoms with van der Waals surface area (Å²) in [6, 6.07) is 0.647. The number of piperidine rings is 1. The Morgan fingerprint density at radius 2 is 2.06 bits per heavy atom. The van der Waals surface area contributed by atoms with E-state index in [1.54, 1.807) is 0 Å². The zero-order valence-electron chi connectivity index (χ0n) is 12.0. The van der Waals surface area contributed by atoms with Crippen molar-refractivity contribution in [3.05, 3.63) is 0 Å². The van der Waals surface area contributed by atoms with Crippen LogP contribution in [0.5, 0.6) is 0 Å². The fourth-order valence-electron chi connectivity index (χ4n) is 2.58. The van der Waals surface area contributed by atoms with Gasteiger partial charge in [-0.2, -0.15) is 0 Å². The van der Waals surface area contributed by atoms with Crippen molar-refractivity contribution >= 4 is 0 Å². The Labute approximate surface area is 107 Å². The van der Waals surface area contributed by atoms with Gasteiger partial charge in [0, 0.05) is 26.2 Å². The third-order valence-electron chi connectivity index (χ3n) is 3.57. The number of nitrogens with one attached hydrogen (secondary N) is 1. The molecule has 2 atom stereocenters. The minimum absolute atomic E-state index is 0.647. The summed E-state index contributed by atoms with van der Waals surface area (Å²) in [4.78, 5) is 2.61. The van der Waals surface area contributed by atoms with Crippen LogP contribution in [0.15, 0.2) is 0 Å². The van der Waals surface area contributed by atoms with E-state index in [1.165, 1.54) is 25.9 Å². The monoisotopic (exact) mass is 242 g/mol. The highest BCUT2D eigenvalue weighted by molar-refractivity contribution is 4.78. The van der Waals surface area contributed by atoms with Gasteiger partial charge in [0.15, 0.2) is 0 Å². The Balaban J connectivity index is 2.23. The molecule has 1 N–H and O–H groups in total. The lowest BCUT2D eigenvalue weighted by Crippen LogP contribution is -2.46. The van der Waals surface area contributed by atoms with Crippen LogP contribution in [0.25, 0.3) is 0 Å². The molecule has 1 saturated heterocycles. The molecule has 0 aromatic carbocycles. The Kier molecular flexibility index (Phi) is 7.09. The second kappa shape index (κ2) is 8.06. The molecule has 3 nitrogen and oxygen atoms in total. The van der Waals surface area contributed by atoms with Gasteiger partial charge in [0.2, 0.25) is 0 Å². The second-order valence-corrected chi connectivity index (χ2v) is 5.86. The van der Waals surface area contributed by atoms with Crippen LogP contribution in [0.4, 0.5) is 0 Å². The van der Waals surface area contributed by atoms with Crippen molar-refractivity contribution in [2.24, 2.45) is 11.8 Å². The van der Waals surface area contributed by atoms with Crippen LogP contribution < -0.4 is 5.32 Å². The summed E-state index contributed by atoms with van der Waals surface area (Å²) in [5.74, 6) is 1.48. The van der Waals surface area contributed by atoms with Crippen LogP contribution in [-0.4, -0.2) is 50.8 Å². The van der Waals surface area contributed by atoms with Gasteiger partial charge in [-0.1, -0.05) is 13.8 Å². The van der Waals surface area contributed by atoms with E-state index in [9.17, 15) is 0 Å². The molecule has 1 aliphatic heterocycles. The number of likely N-dealkylation sites (tertiary alicyclic amines) is 1. The molecule has 0 aliphatic carbocycles. The molecule has 0 aromatic heterocycles. The van der Waals surface area contributed by atoms with Crippen molar-refractivity contribution < 1.29 is 4.74 Å². The first-order valence-electron chi connectivity index (χ1n) is 7.07. The quantitative estimate of drug-likeness (QED) is 0.739. The topological polar surface area (TPSA) is 24.5 Å². The SMILES string of the molecule is COCC1CCCN(C(C)CNCC(C)C)C1. The van der Waals surface area contributed by atoms with Gasteiger partial charge in [-0.15, -0.1) is 0 Å².